The summed E-state index contributed by atoms with van der Waals surface area (Å²) in [5.41, 5.74) is 1.59. The fourth-order valence-electron chi connectivity index (χ4n) is 2.01. The highest BCUT2D eigenvalue weighted by Gasteiger charge is 2.15. The van der Waals surface area contributed by atoms with Crippen molar-refractivity contribution in [1.29, 1.82) is 0 Å². The van der Waals surface area contributed by atoms with Gasteiger partial charge in [-0.2, -0.15) is 0 Å². The standard InChI is InChI=1S/C14H20FN3/c1-4-5-8-18(3)10(2)14-16-12-7-6-11(15)9-13(12)17-14/h6-7,9-10H,4-5,8H2,1-3H3,(H,16,17). The lowest BCUT2D eigenvalue weighted by Gasteiger charge is -2.22. The second-order valence-corrected chi connectivity index (χ2v) is 4.79. The van der Waals surface area contributed by atoms with Gasteiger partial charge in [0.1, 0.15) is 11.6 Å². The number of benzene rings is 1. The van der Waals surface area contributed by atoms with Crippen molar-refractivity contribution in [1.82, 2.24) is 14.9 Å². The summed E-state index contributed by atoms with van der Waals surface area (Å²) in [7, 11) is 2.09. The number of unbranched alkanes of at least 4 members (excludes halogenated alkanes) is 1. The van der Waals surface area contributed by atoms with Gasteiger partial charge in [-0.05, 0) is 45.1 Å². The molecule has 0 fully saturated rings. The molecule has 0 aliphatic rings. The summed E-state index contributed by atoms with van der Waals surface area (Å²) in [6.07, 6.45) is 2.36. The number of hydrogen-bond donors (Lipinski definition) is 1. The van der Waals surface area contributed by atoms with Crippen LogP contribution in [0.4, 0.5) is 4.39 Å². The van der Waals surface area contributed by atoms with E-state index in [4.69, 9.17) is 0 Å². The Kier molecular flexibility index (Phi) is 3.97. The molecule has 1 atom stereocenters. The Morgan fingerprint density at radius 3 is 2.94 bits per heavy atom. The van der Waals surface area contributed by atoms with Gasteiger partial charge in [-0.15, -0.1) is 0 Å². The SMILES string of the molecule is CCCCN(C)C(C)c1nc2ccc(F)cc2[nH]1. The van der Waals surface area contributed by atoms with Gasteiger partial charge in [0, 0.05) is 0 Å². The molecule has 1 unspecified atom stereocenters. The largest absolute Gasteiger partial charge is 0.341 e. The minimum Gasteiger partial charge on any atom is -0.341 e. The first-order valence-electron chi connectivity index (χ1n) is 6.47. The van der Waals surface area contributed by atoms with Crippen molar-refractivity contribution < 1.29 is 4.39 Å². The van der Waals surface area contributed by atoms with Crippen LogP contribution in [0, 0.1) is 5.82 Å². The number of H-pyrrole nitrogens is 1. The van der Waals surface area contributed by atoms with Crippen LogP contribution in [-0.2, 0) is 0 Å². The summed E-state index contributed by atoms with van der Waals surface area (Å²) in [5, 5.41) is 0. The van der Waals surface area contributed by atoms with E-state index in [1.54, 1.807) is 6.07 Å². The Bertz CT molecular complexity index is 521. The second kappa shape index (κ2) is 5.48. The topological polar surface area (TPSA) is 31.9 Å². The van der Waals surface area contributed by atoms with Gasteiger partial charge in [-0.3, -0.25) is 4.90 Å². The molecular formula is C14H20FN3. The van der Waals surface area contributed by atoms with Crippen molar-refractivity contribution in [3.05, 3.63) is 29.8 Å². The van der Waals surface area contributed by atoms with Crippen LogP contribution < -0.4 is 0 Å². The maximum Gasteiger partial charge on any atom is 0.125 e. The molecule has 0 amide bonds. The molecule has 18 heavy (non-hydrogen) atoms. The zero-order valence-corrected chi connectivity index (χ0v) is 11.2. The number of imidazole rings is 1. The van der Waals surface area contributed by atoms with E-state index in [-0.39, 0.29) is 11.9 Å². The number of nitrogens with one attached hydrogen (secondary N) is 1. The quantitative estimate of drug-likeness (QED) is 0.879. The van der Waals surface area contributed by atoms with Gasteiger partial charge in [0.05, 0.1) is 17.1 Å². The van der Waals surface area contributed by atoms with Crippen LogP contribution in [0.5, 0.6) is 0 Å². The van der Waals surface area contributed by atoms with E-state index in [1.165, 1.54) is 25.0 Å². The molecule has 2 rings (SSSR count). The molecule has 0 aliphatic heterocycles. The first kappa shape index (κ1) is 13.0. The summed E-state index contributed by atoms with van der Waals surface area (Å²) in [6.45, 7) is 5.34. The summed E-state index contributed by atoms with van der Waals surface area (Å²) in [4.78, 5) is 9.98. The second-order valence-electron chi connectivity index (χ2n) is 4.79. The van der Waals surface area contributed by atoms with Crippen LogP contribution in [0.25, 0.3) is 11.0 Å². The molecule has 0 radical (unpaired) electrons. The summed E-state index contributed by atoms with van der Waals surface area (Å²) >= 11 is 0. The Morgan fingerprint density at radius 1 is 1.44 bits per heavy atom. The molecule has 3 nitrogen and oxygen atoms in total. The van der Waals surface area contributed by atoms with Crippen molar-refractivity contribution in [2.75, 3.05) is 13.6 Å². The van der Waals surface area contributed by atoms with Gasteiger partial charge >= 0.3 is 0 Å². The number of nitrogens with zero attached hydrogens (tertiary/aromatic N) is 2. The summed E-state index contributed by atoms with van der Waals surface area (Å²) < 4.78 is 13.1. The minimum absolute atomic E-state index is 0.215. The van der Waals surface area contributed by atoms with Crippen LogP contribution in [0.3, 0.4) is 0 Å². The van der Waals surface area contributed by atoms with Crippen LogP contribution in [-0.4, -0.2) is 28.5 Å². The molecule has 1 N–H and O–H groups in total. The number of aromatic amines is 1. The normalized spacial score (nSPS) is 13.4. The molecule has 1 aromatic heterocycles. The van der Waals surface area contributed by atoms with Gasteiger partial charge in [0.25, 0.3) is 0 Å². The molecule has 0 bridgehead atoms. The number of aromatic nitrogens is 2. The third kappa shape index (κ3) is 2.70. The lowest BCUT2D eigenvalue weighted by atomic mass is 10.2. The van der Waals surface area contributed by atoms with Crippen molar-refractivity contribution >= 4 is 11.0 Å². The maximum atomic E-state index is 13.1. The molecule has 0 spiro atoms. The number of fused-ring (bicyclic) bond motifs is 1. The molecular weight excluding hydrogens is 229 g/mol. The van der Waals surface area contributed by atoms with Gasteiger partial charge in [-0.1, -0.05) is 13.3 Å². The van der Waals surface area contributed by atoms with Crippen LogP contribution in [0.1, 0.15) is 38.6 Å². The molecule has 2 aromatic rings. The van der Waals surface area contributed by atoms with E-state index in [0.29, 0.717) is 0 Å². The average molecular weight is 249 g/mol. The lowest BCUT2D eigenvalue weighted by molar-refractivity contribution is 0.250. The van der Waals surface area contributed by atoms with Crippen LogP contribution in [0.2, 0.25) is 0 Å². The Morgan fingerprint density at radius 2 is 2.22 bits per heavy atom. The summed E-state index contributed by atoms with van der Waals surface area (Å²) in [6, 6.07) is 4.86. The van der Waals surface area contributed by atoms with Gasteiger partial charge in [0.15, 0.2) is 0 Å². The fraction of sp³-hybridized carbons (Fsp3) is 0.500. The van der Waals surface area contributed by atoms with E-state index < -0.39 is 0 Å². The highest BCUT2D eigenvalue weighted by Crippen LogP contribution is 2.20. The monoisotopic (exact) mass is 249 g/mol. The maximum absolute atomic E-state index is 13.1. The molecule has 1 heterocycles. The zero-order chi connectivity index (χ0) is 13.1. The Balaban J connectivity index is 2.19. The van der Waals surface area contributed by atoms with E-state index in [2.05, 4.69) is 35.8 Å². The van der Waals surface area contributed by atoms with Crippen molar-refractivity contribution in [2.45, 2.75) is 32.7 Å². The van der Waals surface area contributed by atoms with Gasteiger partial charge in [0.2, 0.25) is 0 Å². The van der Waals surface area contributed by atoms with Crippen molar-refractivity contribution in [2.24, 2.45) is 0 Å². The zero-order valence-electron chi connectivity index (χ0n) is 11.2. The third-order valence-electron chi connectivity index (χ3n) is 3.38. The molecule has 0 saturated heterocycles. The molecule has 1 aromatic carbocycles. The van der Waals surface area contributed by atoms with E-state index in [0.717, 1.165) is 23.4 Å². The van der Waals surface area contributed by atoms with E-state index in [9.17, 15) is 4.39 Å². The molecule has 4 heteroatoms. The van der Waals surface area contributed by atoms with E-state index in [1.807, 2.05) is 0 Å². The highest BCUT2D eigenvalue weighted by atomic mass is 19.1. The number of hydrogen-bond acceptors (Lipinski definition) is 2. The van der Waals surface area contributed by atoms with Crippen molar-refractivity contribution in [3.63, 3.8) is 0 Å². The Hall–Kier alpha value is -1.42. The highest BCUT2D eigenvalue weighted by molar-refractivity contribution is 5.75. The first-order chi connectivity index (χ1) is 8.61. The van der Waals surface area contributed by atoms with Crippen LogP contribution >= 0.6 is 0 Å². The fourth-order valence-corrected chi connectivity index (χ4v) is 2.01. The third-order valence-corrected chi connectivity index (χ3v) is 3.38. The smallest absolute Gasteiger partial charge is 0.125 e. The number of halogens is 1. The Labute approximate surface area is 107 Å². The average Bonchev–Trinajstić information content (AvgIpc) is 2.77. The van der Waals surface area contributed by atoms with E-state index >= 15 is 0 Å². The molecule has 0 aliphatic carbocycles. The van der Waals surface area contributed by atoms with Crippen molar-refractivity contribution in [3.8, 4) is 0 Å². The minimum atomic E-state index is -0.232. The van der Waals surface area contributed by atoms with Gasteiger partial charge < -0.3 is 4.98 Å². The summed E-state index contributed by atoms with van der Waals surface area (Å²) in [5.74, 6) is 0.666. The number of rotatable bonds is 5. The molecule has 0 saturated carbocycles. The molecule has 98 valence electrons. The predicted molar refractivity (Wildman–Crippen MR) is 72.0 cm³/mol. The predicted octanol–water partition coefficient (Wildman–Crippen LogP) is 3.49. The van der Waals surface area contributed by atoms with Gasteiger partial charge in [-0.25, -0.2) is 9.37 Å². The van der Waals surface area contributed by atoms with Crippen LogP contribution in [0.15, 0.2) is 18.2 Å². The lowest BCUT2D eigenvalue weighted by Crippen LogP contribution is -2.24. The first-order valence-corrected chi connectivity index (χ1v) is 6.47.